The maximum Gasteiger partial charge on any atom is 0.130 e. The zero-order valence-corrected chi connectivity index (χ0v) is 15.8. The Hall–Kier alpha value is -3.86. The molecule has 3 N–H and O–H groups in total. The molecule has 0 unspecified atom stereocenters. The highest BCUT2D eigenvalue weighted by molar-refractivity contribution is 5.94. The highest BCUT2D eigenvalue weighted by Crippen LogP contribution is 2.22. The molecule has 1 heterocycles. The number of hydrogen-bond acceptors (Lipinski definition) is 4. The summed E-state index contributed by atoms with van der Waals surface area (Å²) in [5.74, 6) is 1.51. The number of nitrogens with two attached hydrogens (primary N) is 1. The highest BCUT2D eigenvalue weighted by atomic mass is 16.5. The molecule has 5 heteroatoms. The van der Waals surface area contributed by atoms with Crippen LogP contribution in [0.3, 0.4) is 0 Å². The maximum absolute atomic E-state index is 7.44. The largest absolute Gasteiger partial charge is 0.489 e. The van der Waals surface area contributed by atoms with E-state index in [1.807, 2.05) is 78.9 Å². The molecule has 0 spiro atoms. The smallest absolute Gasteiger partial charge is 0.130 e. The van der Waals surface area contributed by atoms with Gasteiger partial charge in [0.15, 0.2) is 0 Å². The normalized spacial score (nSPS) is 10.6. The molecule has 0 saturated heterocycles. The van der Waals surface area contributed by atoms with E-state index >= 15 is 0 Å². The molecule has 0 aliphatic heterocycles. The number of rotatable bonds is 7. The van der Waals surface area contributed by atoms with Crippen molar-refractivity contribution in [3.05, 3.63) is 102 Å². The molecular weight excluding hydrogens is 362 g/mol. The molecule has 0 bridgehead atoms. The third-order valence-electron chi connectivity index (χ3n) is 4.52. The van der Waals surface area contributed by atoms with Crippen molar-refractivity contribution in [2.45, 2.75) is 13.2 Å². The number of pyridine rings is 1. The molecule has 0 aliphatic carbocycles. The molecule has 0 atom stereocenters. The minimum atomic E-state index is 0.0585. The van der Waals surface area contributed by atoms with Crippen LogP contribution in [0.25, 0.3) is 10.9 Å². The van der Waals surface area contributed by atoms with Gasteiger partial charge < -0.3 is 15.2 Å². The predicted molar refractivity (Wildman–Crippen MR) is 114 cm³/mol. The van der Waals surface area contributed by atoms with Crippen molar-refractivity contribution in [3.63, 3.8) is 0 Å². The summed E-state index contributed by atoms with van der Waals surface area (Å²) in [7, 11) is 0. The molecule has 144 valence electrons. The van der Waals surface area contributed by atoms with Crippen LogP contribution >= 0.6 is 0 Å². The number of nitrogens with zero attached hydrogens (tertiary/aromatic N) is 1. The number of fused-ring (bicyclic) bond motifs is 1. The van der Waals surface area contributed by atoms with Gasteiger partial charge in [-0.05, 0) is 29.8 Å². The van der Waals surface area contributed by atoms with E-state index in [9.17, 15) is 0 Å². The second-order valence-electron chi connectivity index (χ2n) is 6.66. The van der Waals surface area contributed by atoms with Crippen LogP contribution in [0.15, 0.2) is 84.9 Å². The van der Waals surface area contributed by atoms with Gasteiger partial charge in [-0.2, -0.15) is 0 Å². The van der Waals surface area contributed by atoms with E-state index in [1.165, 1.54) is 0 Å². The summed E-state index contributed by atoms with van der Waals surface area (Å²) in [5.41, 5.74) is 9.01. The fraction of sp³-hybridized carbons (Fsp3) is 0.0833. The quantitative estimate of drug-likeness (QED) is 0.359. The first kappa shape index (κ1) is 18.5. The lowest BCUT2D eigenvalue weighted by molar-refractivity contribution is 0.288. The summed E-state index contributed by atoms with van der Waals surface area (Å²) in [4.78, 5) is 4.63. The van der Waals surface area contributed by atoms with Crippen molar-refractivity contribution in [3.8, 4) is 11.5 Å². The van der Waals surface area contributed by atoms with Crippen molar-refractivity contribution >= 4 is 16.7 Å². The number of nitrogen functional groups attached to an aromatic ring is 1. The summed E-state index contributed by atoms with van der Waals surface area (Å²) in [6.07, 6.45) is 0. The summed E-state index contributed by atoms with van der Waals surface area (Å²) in [6, 6.07) is 27.1. The monoisotopic (exact) mass is 383 g/mol. The lowest BCUT2D eigenvalue weighted by Crippen LogP contribution is -2.10. The molecule has 5 nitrogen and oxygen atoms in total. The molecular formula is C24H21N3O2. The SMILES string of the molecule is N=C(N)c1ccc(COc2cccc(OCc3ccc4ccccc4n3)c2)cc1. The topological polar surface area (TPSA) is 81.2 Å². The molecule has 4 aromatic rings. The fourth-order valence-electron chi connectivity index (χ4n) is 2.95. The fourth-order valence-corrected chi connectivity index (χ4v) is 2.95. The second-order valence-corrected chi connectivity index (χ2v) is 6.66. The summed E-state index contributed by atoms with van der Waals surface area (Å²) in [6.45, 7) is 0.814. The third-order valence-corrected chi connectivity index (χ3v) is 4.52. The summed E-state index contributed by atoms with van der Waals surface area (Å²) >= 11 is 0. The number of nitrogens with one attached hydrogen (secondary N) is 1. The molecule has 4 rings (SSSR count). The van der Waals surface area contributed by atoms with Crippen molar-refractivity contribution < 1.29 is 9.47 Å². The van der Waals surface area contributed by atoms with E-state index in [-0.39, 0.29) is 5.84 Å². The number of amidine groups is 1. The third kappa shape index (κ3) is 4.71. The Balaban J connectivity index is 1.37. The number of hydrogen-bond donors (Lipinski definition) is 2. The van der Waals surface area contributed by atoms with Crippen molar-refractivity contribution in [2.24, 2.45) is 5.73 Å². The lowest BCUT2D eigenvalue weighted by Gasteiger charge is -2.10. The van der Waals surface area contributed by atoms with Crippen LogP contribution in [0, 0.1) is 5.41 Å². The Bertz CT molecular complexity index is 1140. The Labute approximate surface area is 169 Å². The van der Waals surface area contributed by atoms with Gasteiger partial charge in [0.1, 0.15) is 30.5 Å². The van der Waals surface area contributed by atoms with Gasteiger partial charge in [0.2, 0.25) is 0 Å². The lowest BCUT2D eigenvalue weighted by atomic mass is 10.1. The predicted octanol–water partition coefficient (Wildman–Crippen LogP) is 4.68. The molecule has 0 fully saturated rings. The van der Waals surface area contributed by atoms with E-state index in [1.54, 1.807) is 0 Å². The van der Waals surface area contributed by atoms with E-state index < -0.39 is 0 Å². The van der Waals surface area contributed by atoms with Gasteiger partial charge in [-0.15, -0.1) is 0 Å². The van der Waals surface area contributed by atoms with Gasteiger partial charge in [0, 0.05) is 17.0 Å². The van der Waals surface area contributed by atoms with Crippen molar-refractivity contribution in [1.29, 1.82) is 5.41 Å². The first-order chi connectivity index (χ1) is 14.2. The summed E-state index contributed by atoms with van der Waals surface area (Å²) in [5, 5.41) is 8.55. The second kappa shape index (κ2) is 8.44. The van der Waals surface area contributed by atoms with Crippen LogP contribution in [0.4, 0.5) is 0 Å². The van der Waals surface area contributed by atoms with Crippen molar-refractivity contribution in [1.82, 2.24) is 4.98 Å². The number of benzene rings is 3. The van der Waals surface area contributed by atoms with E-state index in [0.717, 1.165) is 33.7 Å². The van der Waals surface area contributed by atoms with Crippen molar-refractivity contribution in [2.75, 3.05) is 0 Å². The Kier molecular flexibility index (Phi) is 5.38. The standard InChI is InChI=1S/C24H21N3O2/c25-24(26)19-10-8-17(9-11-19)15-28-21-5-3-6-22(14-21)29-16-20-13-12-18-4-1-2-7-23(18)27-20/h1-14H,15-16H2,(H3,25,26). The maximum atomic E-state index is 7.44. The molecule has 3 aromatic carbocycles. The van der Waals surface area contributed by atoms with Crippen LogP contribution in [0.1, 0.15) is 16.8 Å². The van der Waals surface area contributed by atoms with E-state index in [2.05, 4.69) is 11.1 Å². The van der Waals surface area contributed by atoms with Gasteiger partial charge in [0.05, 0.1) is 11.2 Å². The zero-order valence-electron chi connectivity index (χ0n) is 15.8. The van der Waals surface area contributed by atoms with Crippen LogP contribution < -0.4 is 15.2 Å². The summed E-state index contributed by atoms with van der Waals surface area (Å²) < 4.78 is 11.8. The molecule has 1 aromatic heterocycles. The molecule has 0 radical (unpaired) electrons. The minimum Gasteiger partial charge on any atom is -0.489 e. The highest BCUT2D eigenvalue weighted by Gasteiger charge is 2.03. The van der Waals surface area contributed by atoms with Gasteiger partial charge in [0.25, 0.3) is 0 Å². The number of ether oxygens (including phenoxy) is 2. The van der Waals surface area contributed by atoms with Gasteiger partial charge in [-0.1, -0.05) is 54.6 Å². The molecule has 0 saturated carbocycles. The van der Waals surface area contributed by atoms with Gasteiger partial charge in [-0.3, -0.25) is 5.41 Å². The van der Waals surface area contributed by atoms with Crippen LogP contribution in [0.2, 0.25) is 0 Å². The average Bonchev–Trinajstić information content (AvgIpc) is 2.77. The first-order valence-corrected chi connectivity index (χ1v) is 9.31. The molecule has 0 amide bonds. The Morgan fingerprint density at radius 1 is 0.793 bits per heavy atom. The average molecular weight is 383 g/mol. The number of para-hydroxylation sites is 1. The van der Waals surface area contributed by atoms with Gasteiger partial charge in [-0.25, -0.2) is 4.98 Å². The van der Waals surface area contributed by atoms with Crippen LogP contribution in [0.5, 0.6) is 11.5 Å². The van der Waals surface area contributed by atoms with E-state index in [4.69, 9.17) is 20.6 Å². The zero-order chi connectivity index (χ0) is 20.1. The Morgan fingerprint density at radius 2 is 1.52 bits per heavy atom. The van der Waals surface area contributed by atoms with Gasteiger partial charge >= 0.3 is 0 Å². The minimum absolute atomic E-state index is 0.0585. The van der Waals surface area contributed by atoms with Crippen LogP contribution in [-0.4, -0.2) is 10.8 Å². The van der Waals surface area contributed by atoms with E-state index in [0.29, 0.717) is 18.8 Å². The first-order valence-electron chi connectivity index (χ1n) is 9.31. The molecule has 29 heavy (non-hydrogen) atoms. The Morgan fingerprint density at radius 3 is 2.28 bits per heavy atom. The number of aromatic nitrogens is 1. The van der Waals surface area contributed by atoms with Crippen LogP contribution in [-0.2, 0) is 13.2 Å². The molecule has 0 aliphatic rings.